The van der Waals surface area contributed by atoms with Crippen LogP contribution in [0.15, 0.2) is 52.9 Å². The molecule has 158 valence electrons. The Hall–Kier alpha value is -3.61. The number of methoxy groups -OCH3 is 4. The summed E-state index contributed by atoms with van der Waals surface area (Å²) in [6.07, 6.45) is 0.470. The molecule has 1 N–H and O–H groups in total. The largest absolute Gasteiger partial charge is 0.497 e. The van der Waals surface area contributed by atoms with Gasteiger partial charge in [-0.3, -0.25) is 4.79 Å². The molecule has 0 fully saturated rings. The van der Waals surface area contributed by atoms with Crippen molar-refractivity contribution in [2.45, 2.75) is 13.0 Å². The molecule has 30 heavy (non-hydrogen) atoms. The van der Waals surface area contributed by atoms with Gasteiger partial charge in [-0.1, -0.05) is 12.1 Å². The molecule has 0 spiro atoms. The number of hydrogen-bond donors (Lipinski definition) is 1. The zero-order valence-electron chi connectivity index (χ0n) is 17.5. The SMILES string of the molecule is COc1ccc(OC)c(Cc2ccc(C(=O)NCc3cccc(OC)c3OC)o2)c1. The lowest BCUT2D eigenvalue weighted by molar-refractivity contribution is 0.0921. The van der Waals surface area contributed by atoms with Crippen molar-refractivity contribution in [3.63, 3.8) is 0 Å². The zero-order chi connectivity index (χ0) is 21.5. The maximum Gasteiger partial charge on any atom is 0.287 e. The normalized spacial score (nSPS) is 10.4. The van der Waals surface area contributed by atoms with Crippen molar-refractivity contribution in [2.24, 2.45) is 0 Å². The van der Waals surface area contributed by atoms with E-state index in [9.17, 15) is 4.79 Å². The second-order valence-electron chi connectivity index (χ2n) is 6.46. The monoisotopic (exact) mass is 411 g/mol. The molecule has 1 aromatic heterocycles. The Morgan fingerprint density at radius 1 is 0.867 bits per heavy atom. The van der Waals surface area contributed by atoms with Gasteiger partial charge >= 0.3 is 0 Å². The van der Waals surface area contributed by atoms with Crippen molar-refractivity contribution in [2.75, 3.05) is 28.4 Å². The quantitative estimate of drug-likeness (QED) is 0.576. The highest BCUT2D eigenvalue weighted by Gasteiger charge is 2.15. The maximum atomic E-state index is 12.5. The molecule has 3 aromatic rings. The first-order chi connectivity index (χ1) is 14.6. The van der Waals surface area contributed by atoms with E-state index in [1.807, 2.05) is 30.3 Å². The Morgan fingerprint density at radius 2 is 1.67 bits per heavy atom. The van der Waals surface area contributed by atoms with Gasteiger partial charge in [0, 0.05) is 24.1 Å². The summed E-state index contributed by atoms with van der Waals surface area (Å²) >= 11 is 0. The molecule has 3 rings (SSSR count). The standard InChI is InChI=1S/C23H25NO6/c1-26-17-8-10-19(27-2)16(12-17)13-18-9-11-21(30-18)23(25)24-14-15-6-5-7-20(28-3)22(15)29-4/h5-12H,13-14H2,1-4H3,(H,24,25). The van der Waals surface area contributed by atoms with Crippen molar-refractivity contribution in [3.05, 3.63) is 71.2 Å². The smallest absolute Gasteiger partial charge is 0.287 e. The number of amides is 1. The summed E-state index contributed by atoms with van der Waals surface area (Å²) < 4.78 is 27.1. The lowest BCUT2D eigenvalue weighted by Gasteiger charge is -2.12. The van der Waals surface area contributed by atoms with Crippen LogP contribution >= 0.6 is 0 Å². The minimum Gasteiger partial charge on any atom is -0.497 e. The highest BCUT2D eigenvalue weighted by Crippen LogP contribution is 2.30. The summed E-state index contributed by atoms with van der Waals surface area (Å²) in [6, 6.07) is 14.5. The van der Waals surface area contributed by atoms with Crippen molar-refractivity contribution in [1.82, 2.24) is 5.32 Å². The minimum absolute atomic E-state index is 0.230. The Kier molecular flexibility index (Phi) is 6.85. The Bertz CT molecular complexity index is 1010. The van der Waals surface area contributed by atoms with E-state index in [4.69, 9.17) is 23.4 Å². The molecular formula is C23H25NO6. The summed E-state index contributed by atoms with van der Waals surface area (Å²) in [5, 5.41) is 2.85. The van der Waals surface area contributed by atoms with E-state index in [2.05, 4.69) is 5.32 Å². The molecule has 2 aromatic carbocycles. The highest BCUT2D eigenvalue weighted by atomic mass is 16.5. The summed E-state index contributed by atoms with van der Waals surface area (Å²) in [5.74, 6) is 3.20. The summed E-state index contributed by atoms with van der Waals surface area (Å²) in [5.41, 5.74) is 1.71. The Labute approximate surface area is 175 Å². The second-order valence-corrected chi connectivity index (χ2v) is 6.46. The molecule has 0 aliphatic heterocycles. The van der Waals surface area contributed by atoms with Crippen LogP contribution in [-0.4, -0.2) is 34.3 Å². The van der Waals surface area contributed by atoms with E-state index >= 15 is 0 Å². The lowest BCUT2D eigenvalue weighted by atomic mass is 10.1. The van der Waals surface area contributed by atoms with Gasteiger partial charge in [0.1, 0.15) is 17.3 Å². The van der Waals surface area contributed by atoms with Gasteiger partial charge in [-0.2, -0.15) is 0 Å². The zero-order valence-corrected chi connectivity index (χ0v) is 17.5. The van der Waals surface area contributed by atoms with E-state index in [0.717, 1.165) is 22.6 Å². The van der Waals surface area contributed by atoms with Gasteiger partial charge in [-0.15, -0.1) is 0 Å². The van der Waals surface area contributed by atoms with Crippen LogP contribution < -0.4 is 24.3 Å². The minimum atomic E-state index is -0.316. The first kappa shape index (κ1) is 21.1. The molecule has 0 saturated carbocycles. The van der Waals surface area contributed by atoms with Gasteiger partial charge in [-0.25, -0.2) is 0 Å². The van der Waals surface area contributed by atoms with Gasteiger partial charge in [-0.05, 0) is 36.4 Å². The molecular weight excluding hydrogens is 386 g/mol. The molecule has 1 amide bonds. The van der Waals surface area contributed by atoms with Crippen LogP contribution in [0.3, 0.4) is 0 Å². The van der Waals surface area contributed by atoms with E-state index in [0.29, 0.717) is 23.7 Å². The van der Waals surface area contributed by atoms with Crippen molar-refractivity contribution in [3.8, 4) is 23.0 Å². The van der Waals surface area contributed by atoms with Gasteiger partial charge in [0.2, 0.25) is 0 Å². The van der Waals surface area contributed by atoms with Gasteiger partial charge in [0.15, 0.2) is 17.3 Å². The van der Waals surface area contributed by atoms with Crippen LogP contribution in [0.1, 0.15) is 27.4 Å². The maximum absolute atomic E-state index is 12.5. The third kappa shape index (κ3) is 4.68. The van der Waals surface area contributed by atoms with Crippen LogP contribution in [0.25, 0.3) is 0 Å². The van der Waals surface area contributed by atoms with Crippen LogP contribution in [0.5, 0.6) is 23.0 Å². The number of ether oxygens (including phenoxy) is 4. The second kappa shape index (κ2) is 9.73. The Morgan fingerprint density at radius 3 is 2.37 bits per heavy atom. The van der Waals surface area contributed by atoms with Crippen LogP contribution in [0, 0.1) is 0 Å². The number of furan rings is 1. The van der Waals surface area contributed by atoms with Crippen LogP contribution in [0.2, 0.25) is 0 Å². The molecule has 0 aliphatic carbocycles. The first-order valence-electron chi connectivity index (χ1n) is 9.37. The van der Waals surface area contributed by atoms with Gasteiger partial charge in [0.05, 0.1) is 28.4 Å². The average molecular weight is 411 g/mol. The number of hydrogen-bond acceptors (Lipinski definition) is 6. The number of para-hydroxylation sites is 1. The predicted molar refractivity (Wildman–Crippen MR) is 112 cm³/mol. The summed E-state index contributed by atoms with van der Waals surface area (Å²) in [7, 11) is 6.36. The molecule has 0 radical (unpaired) electrons. The third-order valence-electron chi connectivity index (χ3n) is 4.66. The molecule has 7 nitrogen and oxygen atoms in total. The van der Waals surface area contributed by atoms with E-state index in [1.54, 1.807) is 46.6 Å². The molecule has 0 atom stereocenters. The fraction of sp³-hybridized carbons (Fsp3) is 0.261. The fourth-order valence-corrected chi connectivity index (χ4v) is 3.16. The van der Waals surface area contributed by atoms with E-state index < -0.39 is 0 Å². The van der Waals surface area contributed by atoms with Crippen molar-refractivity contribution < 1.29 is 28.2 Å². The summed E-state index contributed by atoms with van der Waals surface area (Å²) in [6.45, 7) is 0.277. The lowest BCUT2D eigenvalue weighted by Crippen LogP contribution is -2.22. The summed E-state index contributed by atoms with van der Waals surface area (Å²) in [4.78, 5) is 12.5. The molecule has 0 aliphatic rings. The van der Waals surface area contributed by atoms with E-state index in [-0.39, 0.29) is 18.2 Å². The molecule has 7 heteroatoms. The van der Waals surface area contributed by atoms with Crippen LogP contribution in [-0.2, 0) is 13.0 Å². The number of carbonyl (C=O) groups excluding carboxylic acids is 1. The number of benzene rings is 2. The van der Waals surface area contributed by atoms with Gasteiger partial charge < -0.3 is 28.7 Å². The fourth-order valence-electron chi connectivity index (χ4n) is 3.16. The molecule has 1 heterocycles. The van der Waals surface area contributed by atoms with Crippen molar-refractivity contribution >= 4 is 5.91 Å². The molecule has 0 bridgehead atoms. The topological polar surface area (TPSA) is 79.2 Å². The predicted octanol–water partition coefficient (Wildman–Crippen LogP) is 3.83. The average Bonchev–Trinajstić information content (AvgIpc) is 3.25. The molecule has 0 unspecified atom stereocenters. The third-order valence-corrected chi connectivity index (χ3v) is 4.66. The van der Waals surface area contributed by atoms with Crippen molar-refractivity contribution in [1.29, 1.82) is 0 Å². The highest BCUT2D eigenvalue weighted by molar-refractivity contribution is 5.91. The first-order valence-corrected chi connectivity index (χ1v) is 9.37. The number of nitrogens with one attached hydrogen (secondary N) is 1. The van der Waals surface area contributed by atoms with E-state index in [1.165, 1.54) is 0 Å². The molecule has 0 saturated heterocycles. The number of rotatable bonds is 9. The number of carbonyl (C=O) groups is 1. The van der Waals surface area contributed by atoms with Gasteiger partial charge in [0.25, 0.3) is 5.91 Å². The Balaban J connectivity index is 1.69. The van der Waals surface area contributed by atoms with Crippen LogP contribution in [0.4, 0.5) is 0 Å².